The molecule has 0 saturated heterocycles. The Morgan fingerprint density at radius 3 is 2.67 bits per heavy atom. The van der Waals surface area contributed by atoms with Gasteiger partial charge in [-0.3, -0.25) is 10.1 Å². The lowest BCUT2D eigenvalue weighted by atomic mass is 10.2. The van der Waals surface area contributed by atoms with Crippen LogP contribution < -0.4 is 20.1 Å². The molecule has 112 valence electrons. The van der Waals surface area contributed by atoms with E-state index in [9.17, 15) is 14.4 Å². The van der Waals surface area contributed by atoms with E-state index in [-0.39, 0.29) is 12.4 Å². The second-order valence-corrected chi connectivity index (χ2v) is 4.18. The Kier molecular flexibility index (Phi) is 4.27. The number of urea groups is 1. The number of hydrogen-bond donors (Lipinski definition) is 2. The highest BCUT2D eigenvalue weighted by atomic mass is 16.7. The number of rotatable bonds is 3. The molecule has 1 unspecified atom stereocenters. The molecule has 2 N–H and O–H groups in total. The number of fused-ring (bicyclic) bond motifs is 1. The van der Waals surface area contributed by atoms with Crippen LogP contribution in [0, 0.1) is 0 Å². The quantitative estimate of drug-likeness (QED) is 0.783. The zero-order chi connectivity index (χ0) is 15.4. The summed E-state index contributed by atoms with van der Waals surface area (Å²) in [6.07, 6.45) is -1.11. The van der Waals surface area contributed by atoms with Crippen LogP contribution in [0.1, 0.15) is 17.3 Å². The maximum absolute atomic E-state index is 11.9. The summed E-state index contributed by atoms with van der Waals surface area (Å²) in [6.45, 7) is 1.46. The molecule has 1 atom stereocenters. The third-order valence-corrected chi connectivity index (χ3v) is 2.73. The molecular formula is C13H14N2O6. The highest BCUT2D eigenvalue weighted by Crippen LogP contribution is 2.32. The van der Waals surface area contributed by atoms with Gasteiger partial charge in [0.05, 0.1) is 5.56 Å². The molecule has 0 spiro atoms. The minimum absolute atomic E-state index is 0.0960. The van der Waals surface area contributed by atoms with Crippen molar-refractivity contribution in [2.45, 2.75) is 13.0 Å². The lowest BCUT2D eigenvalue weighted by Gasteiger charge is -2.12. The fraction of sp³-hybridized carbons (Fsp3) is 0.308. The summed E-state index contributed by atoms with van der Waals surface area (Å²) < 4.78 is 15.2. The van der Waals surface area contributed by atoms with Crippen LogP contribution >= 0.6 is 0 Å². The first-order valence-corrected chi connectivity index (χ1v) is 6.14. The number of hydrogen-bond acceptors (Lipinski definition) is 6. The van der Waals surface area contributed by atoms with Crippen LogP contribution in [0.5, 0.6) is 11.5 Å². The van der Waals surface area contributed by atoms with Crippen LogP contribution in [0.2, 0.25) is 0 Å². The molecule has 0 aliphatic carbocycles. The van der Waals surface area contributed by atoms with Gasteiger partial charge in [0.2, 0.25) is 6.79 Å². The predicted octanol–water partition coefficient (Wildman–Crippen LogP) is 0.416. The Bertz CT molecular complexity index is 586. The van der Waals surface area contributed by atoms with Crippen molar-refractivity contribution in [1.82, 2.24) is 10.6 Å². The standard InChI is InChI=1S/C13H14N2O6/c1-7(11(16)15-13(18)14-2)21-12(17)8-3-4-9-10(5-8)20-6-19-9/h3-5,7H,6H2,1-2H3,(H2,14,15,16,18). The maximum atomic E-state index is 11.9. The van der Waals surface area contributed by atoms with Crippen LogP contribution in [-0.4, -0.2) is 37.9 Å². The molecule has 1 aliphatic rings. The number of ether oxygens (including phenoxy) is 3. The van der Waals surface area contributed by atoms with Crippen molar-refractivity contribution in [3.05, 3.63) is 23.8 Å². The van der Waals surface area contributed by atoms with Gasteiger partial charge in [-0.1, -0.05) is 0 Å². The average Bonchev–Trinajstić information content (AvgIpc) is 2.94. The second kappa shape index (κ2) is 6.12. The maximum Gasteiger partial charge on any atom is 0.339 e. The summed E-state index contributed by atoms with van der Waals surface area (Å²) in [4.78, 5) is 34.5. The monoisotopic (exact) mass is 294 g/mol. The minimum atomic E-state index is -1.11. The van der Waals surface area contributed by atoms with Crippen LogP contribution in [0.15, 0.2) is 18.2 Å². The molecule has 2 rings (SSSR count). The van der Waals surface area contributed by atoms with E-state index >= 15 is 0 Å². The molecule has 0 aromatic heterocycles. The number of benzene rings is 1. The van der Waals surface area contributed by atoms with Crippen molar-refractivity contribution in [3.8, 4) is 11.5 Å². The Hall–Kier alpha value is -2.77. The number of carbonyl (C=O) groups is 3. The van der Waals surface area contributed by atoms with Gasteiger partial charge in [-0.15, -0.1) is 0 Å². The zero-order valence-electron chi connectivity index (χ0n) is 11.5. The minimum Gasteiger partial charge on any atom is -0.454 e. The van der Waals surface area contributed by atoms with Gasteiger partial charge in [0, 0.05) is 7.05 Å². The summed E-state index contributed by atoms with van der Waals surface area (Å²) in [5.74, 6) is -0.444. The van der Waals surface area contributed by atoms with Crippen LogP contribution in [-0.2, 0) is 9.53 Å². The number of esters is 1. The van der Waals surface area contributed by atoms with E-state index < -0.39 is 24.0 Å². The van der Waals surface area contributed by atoms with Crippen molar-refractivity contribution < 1.29 is 28.6 Å². The van der Waals surface area contributed by atoms with Crippen molar-refractivity contribution in [2.24, 2.45) is 0 Å². The van der Waals surface area contributed by atoms with Crippen LogP contribution in [0.4, 0.5) is 4.79 Å². The lowest BCUT2D eigenvalue weighted by molar-refractivity contribution is -0.127. The molecule has 1 aromatic rings. The van der Waals surface area contributed by atoms with Crippen molar-refractivity contribution in [3.63, 3.8) is 0 Å². The molecule has 21 heavy (non-hydrogen) atoms. The highest BCUT2D eigenvalue weighted by molar-refractivity contribution is 5.98. The van der Waals surface area contributed by atoms with Gasteiger partial charge in [0.25, 0.3) is 5.91 Å². The van der Waals surface area contributed by atoms with Gasteiger partial charge in [-0.05, 0) is 25.1 Å². The molecule has 8 heteroatoms. The molecule has 0 saturated carbocycles. The van der Waals surface area contributed by atoms with E-state index in [0.717, 1.165) is 0 Å². The van der Waals surface area contributed by atoms with E-state index in [1.807, 2.05) is 5.32 Å². The van der Waals surface area contributed by atoms with Gasteiger partial charge < -0.3 is 19.5 Å². The van der Waals surface area contributed by atoms with Crippen molar-refractivity contribution in [1.29, 1.82) is 0 Å². The number of imide groups is 1. The van der Waals surface area contributed by atoms with Gasteiger partial charge in [0.15, 0.2) is 17.6 Å². The molecule has 8 nitrogen and oxygen atoms in total. The van der Waals surface area contributed by atoms with Gasteiger partial charge in [0.1, 0.15) is 0 Å². The second-order valence-electron chi connectivity index (χ2n) is 4.18. The summed E-state index contributed by atoms with van der Waals surface area (Å²) in [5.41, 5.74) is 0.221. The normalized spacial score (nSPS) is 13.2. The molecule has 0 fully saturated rings. The molecule has 1 aliphatic heterocycles. The van der Waals surface area contributed by atoms with E-state index in [1.165, 1.54) is 26.1 Å². The van der Waals surface area contributed by atoms with Gasteiger partial charge >= 0.3 is 12.0 Å². The SMILES string of the molecule is CNC(=O)NC(=O)C(C)OC(=O)c1ccc2c(c1)OCO2. The van der Waals surface area contributed by atoms with Crippen molar-refractivity contribution in [2.75, 3.05) is 13.8 Å². The first-order chi connectivity index (χ1) is 10.0. The third-order valence-electron chi connectivity index (χ3n) is 2.73. The number of carbonyl (C=O) groups excluding carboxylic acids is 3. The predicted molar refractivity (Wildman–Crippen MR) is 70.0 cm³/mol. The molecule has 1 aromatic carbocycles. The van der Waals surface area contributed by atoms with Crippen molar-refractivity contribution >= 4 is 17.9 Å². The van der Waals surface area contributed by atoms with E-state index in [4.69, 9.17) is 14.2 Å². The average molecular weight is 294 g/mol. The largest absolute Gasteiger partial charge is 0.454 e. The summed E-state index contributed by atoms with van der Waals surface area (Å²) in [5, 5.41) is 4.24. The summed E-state index contributed by atoms with van der Waals surface area (Å²) in [7, 11) is 1.37. The molecule has 0 radical (unpaired) electrons. The van der Waals surface area contributed by atoms with Gasteiger partial charge in [-0.2, -0.15) is 0 Å². The number of nitrogens with one attached hydrogen (secondary N) is 2. The summed E-state index contributed by atoms with van der Waals surface area (Å²) >= 11 is 0. The van der Waals surface area contributed by atoms with Crippen LogP contribution in [0.25, 0.3) is 0 Å². The molecular weight excluding hydrogens is 280 g/mol. The van der Waals surface area contributed by atoms with E-state index in [0.29, 0.717) is 11.5 Å². The Labute approximate surface area is 120 Å². The van der Waals surface area contributed by atoms with E-state index in [1.54, 1.807) is 6.07 Å². The lowest BCUT2D eigenvalue weighted by Crippen LogP contribution is -2.43. The topological polar surface area (TPSA) is 103 Å². The Balaban J connectivity index is 1.97. The molecule has 0 bridgehead atoms. The fourth-order valence-electron chi connectivity index (χ4n) is 1.58. The molecule has 3 amide bonds. The summed E-state index contributed by atoms with van der Waals surface area (Å²) in [6, 6.07) is 3.87. The highest BCUT2D eigenvalue weighted by Gasteiger charge is 2.22. The smallest absolute Gasteiger partial charge is 0.339 e. The first-order valence-electron chi connectivity index (χ1n) is 6.14. The number of amides is 3. The third kappa shape index (κ3) is 3.41. The van der Waals surface area contributed by atoms with E-state index in [2.05, 4.69) is 5.32 Å². The van der Waals surface area contributed by atoms with Crippen LogP contribution in [0.3, 0.4) is 0 Å². The van der Waals surface area contributed by atoms with Gasteiger partial charge in [-0.25, -0.2) is 9.59 Å². The zero-order valence-corrected chi connectivity index (χ0v) is 11.5. The first kappa shape index (κ1) is 14.6. The fourth-order valence-corrected chi connectivity index (χ4v) is 1.58. The Morgan fingerprint density at radius 2 is 1.95 bits per heavy atom. The molecule has 1 heterocycles. The Morgan fingerprint density at radius 1 is 1.24 bits per heavy atom.